The Morgan fingerprint density at radius 3 is 2.47 bits per heavy atom. The maximum Gasteiger partial charge on any atom is 0.175 e. The number of hydrogen-bond donors (Lipinski definition) is 1. The zero-order chi connectivity index (χ0) is 10.2. The van der Waals surface area contributed by atoms with E-state index in [1.54, 1.807) is 12.1 Å². The molecule has 0 amide bonds. The SMILES string of the molecule is CS(=O)(=O)c1cccc(C2CNC2)c1.Cl. The first-order valence-corrected chi connectivity index (χ1v) is 6.47. The third-order valence-corrected chi connectivity index (χ3v) is 3.65. The minimum Gasteiger partial charge on any atom is -0.315 e. The van der Waals surface area contributed by atoms with Crippen molar-refractivity contribution >= 4 is 22.2 Å². The molecule has 1 fully saturated rings. The predicted octanol–water partition coefficient (Wildman–Crippen LogP) is 1.20. The lowest BCUT2D eigenvalue weighted by atomic mass is 9.94. The topological polar surface area (TPSA) is 46.2 Å². The molecular formula is C10H14ClNO2S. The van der Waals surface area contributed by atoms with Crippen LogP contribution in [0.25, 0.3) is 0 Å². The summed E-state index contributed by atoms with van der Waals surface area (Å²) in [5.74, 6) is 0.483. The third kappa shape index (κ3) is 2.71. The van der Waals surface area contributed by atoms with Gasteiger partial charge in [0.05, 0.1) is 4.90 Å². The molecule has 1 aliphatic heterocycles. The standard InChI is InChI=1S/C10H13NO2S.ClH/c1-14(12,13)10-4-2-3-8(5-10)9-6-11-7-9;/h2-5,9,11H,6-7H2,1H3;1H. The number of rotatable bonds is 2. The molecule has 15 heavy (non-hydrogen) atoms. The normalized spacial score (nSPS) is 16.6. The van der Waals surface area contributed by atoms with E-state index in [-0.39, 0.29) is 12.4 Å². The van der Waals surface area contributed by atoms with Crippen LogP contribution in [0.2, 0.25) is 0 Å². The number of sulfone groups is 1. The van der Waals surface area contributed by atoms with Crippen LogP contribution in [0.4, 0.5) is 0 Å². The fourth-order valence-corrected chi connectivity index (χ4v) is 2.20. The minimum atomic E-state index is -3.06. The third-order valence-electron chi connectivity index (χ3n) is 2.54. The molecule has 1 saturated heterocycles. The number of hydrogen-bond acceptors (Lipinski definition) is 3. The van der Waals surface area contributed by atoms with E-state index in [1.165, 1.54) is 6.26 Å². The first-order chi connectivity index (χ1) is 6.57. The predicted molar refractivity (Wildman–Crippen MR) is 62.4 cm³/mol. The molecule has 1 aliphatic rings. The second-order valence-corrected chi connectivity index (χ2v) is 5.72. The Hall–Kier alpha value is -0.580. The zero-order valence-corrected chi connectivity index (χ0v) is 10.1. The number of nitrogens with one attached hydrogen (secondary N) is 1. The Labute approximate surface area is 96.2 Å². The maximum atomic E-state index is 11.3. The van der Waals surface area contributed by atoms with Crippen LogP contribution in [-0.2, 0) is 9.84 Å². The molecule has 84 valence electrons. The Morgan fingerprint density at radius 1 is 1.33 bits per heavy atom. The fraction of sp³-hybridized carbons (Fsp3) is 0.400. The highest BCUT2D eigenvalue weighted by atomic mass is 35.5. The van der Waals surface area contributed by atoms with E-state index in [9.17, 15) is 8.42 Å². The van der Waals surface area contributed by atoms with E-state index in [4.69, 9.17) is 0 Å². The molecular weight excluding hydrogens is 234 g/mol. The molecule has 0 spiro atoms. The van der Waals surface area contributed by atoms with Crippen LogP contribution in [0.3, 0.4) is 0 Å². The monoisotopic (exact) mass is 247 g/mol. The van der Waals surface area contributed by atoms with E-state index in [0.717, 1.165) is 18.7 Å². The van der Waals surface area contributed by atoms with Crippen molar-refractivity contribution in [3.63, 3.8) is 0 Å². The highest BCUT2D eigenvalue weighted by Crippen LogP contribution is 2.22. The lowest BCUT2D eigenvalue weighted by molar-refractivity contribution is 0.448. The summed E-state index contributed by atoms with van der Waals surface area (Å²) in [6.45, 7) is 1.90. The van der Waals surface area contributed by atoms with Crippen LogP contribution in [0.15, 0.2) is 29.2 Å². The van der Waals surface area contributed by atoms with Crippen molar-refractivity contribution in [1.82, 2.24) is 5.32 Å². The van der Waals surface area contributed by atoms with Crippen LogP contribution < -0.4 is 5.32 Å². The average molecular weight is 248 g/mol. The Kier molecular flexibility index (Phi) is 3.76. The summed E-state index contributed by atoms with van der Waals surface area (Å²) >= 11 is 0. The van der Waals surface area contributed by atoms with Gasteiger partial charge in [0, 0.05) is 25.3 Å². The lowest BCUT2D eigenvalue weighted by Crippen LogP contribution is -2.39. The van der Waals surface area contributed by atoms with Gasteiger partial charge in [0.25, 0.3) is 0 Å². The molecule has 0 unspecified atom stereocenters. The first kappa shape index (κ1) is 12.5. The van der Waals surface area contributed by atoms with Crippen LogP contribution in [0, 0.1) is 0 Å². The first-order valence-electron chi connectivity index (χ1n) is 4.58. The summed E-state index contributed by atoms with van der Waals surface area (Å²) in [6.07, 6.45) is 1.24. The van der Waals surface area contributed by atoms with E-state index in [0.29, 0.717) is 10.8 Å². The van der Waals surface area contributed by atoms with Gasteiger partial charge in [-0.15, -0.1) is 12.4 Å². The van der Waals surface area contributed by atoms with Gasteiger partial charge in [-0.05, 0) is 17.7 Å². The van der Waals surface area contributed by atoms with Gasteiger partial charge in [-0.25, -0.2) is 8.42 Å². The second kappa shape index (κ2) is 4.51. The lowest BCUT2D eigenvalue weighted by Gasteiger charge is -2.27. The molecule has 5 heteroatoms. The molecule has 2 rings (SSSR count). The van der Waals surface area contributed by atoms with Gasteiger partial charge in [-0.1, -0.05) is 12.1 Å². The molecule has 0 aromatic heterocycles. The van der Waals surface area contributed by atoms with Gasteiger partial charge >= 0.3 is 0 Å². The van der Waals surface area contributed by atoms with Gasteiger partial charge in [-0.2, -0.15) is 0 Å². The summed E-state index contributed by atoms with van der Waals surface area (Å²) < 4.78 is 22.6. The summed E-state index contributed by atoms with van der Waals surface area (Å²) in [4.78, 5) is 0.418. The molecule has 1 N–H and O–H groups in total. The Morgan fingerprint density at radius 2 is 2.00 bits per heavy atom. The summed E-state index contributed by atoms with van der Waals surface area (Å²) in [5, 5.41) is 3.17. The molecule has 0 radical (unpaired) electrons. The van der Waals surface area contributed by atoms with Crippen molar-refractivity contribution in [1.29, 1.82) is 0 Å². The average Bonchev–Trinajstić information content (AvgIpc) is 2.00. The Bertz CT molecular complexity index is 440. The molecule has 0 aliphatic carbocycles. The number of benzene rings is 1. The van der Waals surface area contributed by atoms with E-state index < -0.39 is 9.84 Å². The van der Waals surface area contributed by atoms with E-state index in [1.807, 2.05) is 12.1 Å². The molecule has 0 bridgehead atoms. The molecule has 1 heterocycles. The van der Waals surface area contributed by atoms with Crippen molar-refractivity contribution in [2.45, 2.75) is 10.8 Å². The minimum absolute atomic E-state index is 0. The molecule has 1 aromatic carbocycles. The van der Waals surface area contributed by atoms with E-state index in [2.05, 4.69) is 5.32 Å². The summed E-state index contributed by atoms with van der Waals surface area (Å²) in [5.41, 5.74) is 1.12. The van der Waals surface area contributed by atoms with Crippen LogP contribution in [-0.4, -0.2) is 27.8 Å². The van der Waals surface area contributed by atoms with Crippen molar-refractivity contribution < 1.29 is 8.42 Å². The van der Waals surface area contributed by atoms with Crippen LogP contribution >= 0.6 is 12.4 Å². The molecule has 3 nitrogen and oxygen atoms in total. The van der Waals surface area contributed by atoms with Crippen molar-refractivity contribution in [2.75, 3.05) is 19.3 Å². The highest BCUT2D eigenvalue weighted by molar-refractivity contribution is 7.90. The molecule has 1 aromatic rings. The summed E-state index contributed by atoms with van der Waals surface area (Å²) in [6, 6.07) is 7.22. The fourth-order valence-electron chi connectivity index (χ4n) is 1.52. The quantitative estimate of drug-likeness (QED) is 0.854. The molecule has 0 saturated carbocycles. The zero-order valence-electron chi connectivity index (χ0n) is 8.43. The van der Waals surface area contributed by atoms with Gasteiger partial charge < -0.3 is 5.32 Å². The van der Waals surface area contributed by atoms with Crippen molar-refractivity contribution in [3.05, 3.63) is 29.8 Å². The largest absolute Gasteiger partial charge is 0.315 e. The van der Waals surface area contributed by atoms with E-state index >= 15 is 0 Å². The maximum absolute atomic E-state index is 11.3. The van der Waals surface area contributed by atoms with Crippen LogP contribution in [0.5, 0.6) is 0 Å². The summed E-state index contributed by atoms with van der Waals surface area (Å²) in [7, 11) is -3.06. The van der Waals surface area contributed by atoms with Gasteiger partial charge in [0.2, 0.25) is 0 Å². The Balaban J connectivity index is 0.00000112. The highest BCUT2D eigenvalue weighted by Gasteiger charge is 2.19. The van der Waals surface area contributed by atoms with Crippen molar-refractivity contribution in [3.8, 4) is 0 Å². The van der Waals surface area contributed by atoms with Gasteiger partial charge in [0.1, 0.15) is 0 Å². The smallest absolute Gasteiger partial charge is 0.175 e. The van der Waals surface area contributed by atoms with Gasteiger partial charge in [0.15, 0.2) is 9.84 Å². The molecule has 0 atom stereocenters. The second-order valence-electron chi connectivity index (χ2n) is 3.70. The van der Waals surface area contributed by atoms with Crippen molar-refractivity contribution in [2.24, 2.45) is 0 Å². The van der Waals surface area contributed by atoms with Gasteiger partial charge in [-0.3, -0.25) is 0 Å². The number of halogens is 1. The van der Waals surface area contributed by atoms with Crippen LogP contribution in [0.1, 0.15) is 11.5 Å².